The van der Waals surface area contributed by atoms with Crippen molar-refractivity contribution in [2.24, 2.45) is 0 Å². The van der Waals surface area contributed by atoms with Crippen LogP contribution >= 0.6 is 0 Å². The van der Waals surface area contributed by atoms with Gasteiger partial charge in [0.25, 0.3) is 0 Å². The van der Waals surface area contributed by atoms with E-state index in [0.29, 0.717) is 13.0 Å². The molecule has 1 aliphatic carbocycles. The van der Waals surface area contributed by atoms with Gasteiger partial charge >= 0.3 is 12.1 Å². The third-order valence-electron chi connectivity index (χ3n) is 6.13. The average Bonchev–Trinajstić information content (AvgIpc) is 3.16. The van der Waals surface area contributed by atoms with Gasteiger partial charge in [0.2, 0.25) is 5.91 Å². The molecule has 34 heavy (non-hydrogen) atoms. The second kappa shape index (κ2) is 11.7. The number of alkyl carbamates (subject to hydrolysis) is 1. The number of nitrogens with one attached hydrogen (secondary N) is 1. The molecule has 0 aliphatic heterocycles. The Morgan fingerprint density at radius 3 is 2.15 bits per heavy atom. The number of nitrogens with zero attached hydrogens (tertiary/aromatic N) is 1. The summed E-state index contributed by atoms with van der Waals surface area (Å²) in [5.74, 6) is -1.49. The largest absolute Gasteiger partial charge is 0.481 e. The number of carboxylic acid groups (broad SMARTS) is 1. The predicted octanol–water partition coefficient (Wildman–Crippen LogP) is 3.64. The Bertz CT molecular complexity index is 978. The number of carbonyl (C=O) groups excluding carboxylic acids is 2. The van der Waals surface area contributed by atoms with E-state index in [2.05, 4.69) is 17.4 Å². The summed E-state index contributed by atoms with van der Waals surface area (Å²) in [6.45, 7) is 4.13. The monoisotopic (exact) mass is 468 g/mol. The summed E-state index contributed by atoms with van der Waals surface area (Å²) in [4.78, 5) is 38.3. The number of ether oxygens (including phenoxy) is 2. The van der Waals surface area contributed by atoms with Crippen molar-refractivity contribution in [1.82, 2.24) is 10.2 Å². The van der Waals surface area contributed by atoms with Crippen molar-refractivity contribution >= 4 is 18.0 Å². The highest BCUT2D eigenvalue weighted by Crippen LogP contribution is 2.44. The molecular formula is C26H32N2O6. The minimum Gasteiger partial charge on any atom is -0.481 e. The summed E-state index contributed by atoms with van der Waals surface area (Å²) >= 11 is 0. The quantitative estimate of drug-likeness (QED) is 0.522. The molecular weight excluding hydrogens is 436 g/mol. The van der Waals surface area contributed by atoms with Gasteiger partial charge in [-0.15, -0.1) is 0 Å². The zero-order chi connectivity index (χ0) is 24.7. The average molecular weight is 469 g/mol. The molecule has 0 heterocycles. The number of carboxylic acids is 1. The standard InChI is InChI=1S/C26H32N2O6/c1-4-14-28(15-13-23(29)30)25(31)24(17(2)33-3)27-26(32)34-16-22-20-11-7-5-9-18(20)19-10-6-8-12-21(19)22/h5-12,17,22,24H,4,13-16H2,1-3H3,(H,27,32)(H,29,30)/t17-,24+/m1/s1. The second-order valence-corrected chi connectivity index (χ2v) is 8.36. The number of methoxy groups -OCH3 is 1. The van der Waals surface area contributed by atoms with Crippen molar-refractivity contribution < 1.29 is 29.0 Å². The van der Waals surface area contributed by atoms with E-state index in [1.54, 1.807) is 6.92 Å². The van der Waals surface area contributed by atoms with Crippen molar-refractivity contribution in [3.63, 3.8) is 0 Å². The van der Waals surface area contributed by atoms with Gasteiger partial charge in [0, 0.05) is 26.1 Å². The Kier molecular flexibility index (Phi) is 8.65. The number of amides is 2. The van der Waals surface area contributed by atoms with Crippen LogP contribution in [0.15, 0.2) is 48.5 Å². The van der Waals surface area contributed by atoms with Crippen LogP contribution < -0.4 is 5.32 Å². The highest BCUT2D eigenvalue weighted by molar-refractivity contribution is 5.87. The van der Waals surface area contributed by atoms with Gasteiger partial charge in [-0.3, -0.25) is 9.59 Å². The molecule has 2 N–H and O–H groups in total. The Morgan fingerprint density at radius 1 is 1.03 bits per heavy atom. The SMILES string of the molecule is CCCN(CCC(=O)O)C(=O)[C@@H](NC(=O)OCC1c2ccccc2-c2ccccc21)[C@@H](C)OC. The van der Waals surface area contributed by atoms with Crippen LogP contribution in [0.3, 0.4) is 0 Å². The zero-order valence-electron chi connectivity index (χ0n) is 19.8. The molecule has 0 aromatic heterocycles. The first-order chi connectivity index (χ1) is 16.4. The highest BCUT2D eigenvalue weighted by Gasteiger charge is 2.33. The number of aliphatic carboxylic acids is 1. The fourth-order valence-corrected chi connectivity index (χ4v) is 4.31. The van der Waals surface area contributed by atoms with Crippen LogP contribution in [0.2, 0.25) is 0 Å². The van der Waals surface area contributed by atoms with Gasteiger partial charge < -0.3 is 24.8 Å². The summed E-state index contributed by atoms with van der Waals surface area (Å²) in [6, 6.07) is 15.1. The van der Waals surface area contributed by atoms with E-state index in [4.69, 9.17) is 14.6 Å². The number of fused-ring (bicyclic) bond motifs is 3. The van der Waals surface area contributed by atoms with Crippen LogP contribution in [0.25, 0.3) is 11.1 Å². The molecule has 182 valence electrons. The van der Waals surface area contributed by atoms with E-state index in [0.717, 1.165) is 22.3 Å². The summed E-state index contributed by atoms with van der Waals surface area (Å²) in [6.07, 6.45) is -0.870. The van der Waals surface area contributed by atoms with Gasteiger partial charge in [-0.05, 0) is 35.6 Å². The molecule has 0 saturated carbocycles. The van der Waals surface area contributed by atoms with E-state index >= 15 is 0 Å². The topological polar surface area (TPSA) is 105 Å². The predicted molar refractivity (Wildman–Crippen MR) is 128 cm³/mol. The molecule has 1 aliphatic rings. The molecule has 3 rings (SSSR count). The van der Waals surface area contributed by atoms with Gasteiger partial charge in [-0.2, -0.15) is 0 Å². The molecule has 0 saturated heterocycles. The second-order valence-electron chi connectivity index (χ2n) is 8.36. The van der Waals surface area contributed by atoms with Gasteiger partial charge in [-0.25, -0.2) is 4.79 Å². The third kappa shape index (κ3) is 5.75. The number of hydrogen-bond donors (Lipinski definition) is 2. The summed E-state index contributed by atoms with van der Waals surface area (Å²) in [5, 5.41) is 11.7. The van der Waals surface area contributed by atoms with Crippen LogP contribution in [-0.2, 0) is 19.1 Å². The first-order valence-corrected chi connectivity index (χ1v) is 11.5. The summed E-state index contributed by atoms with van der Waals surface area (Å²) < 4.78 is 10.9. The fraction of sp³-hybridized carbons (Fsp3) is 0.423. The van der Waals surface area contributed by atoms with Gasteiger partial charge in [-0.1, -0.05) is 55.5 Å². The highest BCUT2D eigenvalue weighted by atomic mass is 16.5. The summed E-state index contributed by atoms with van der Waals surface area (Å²) in [7, 11) is 1.45. The number of carbonyl (C=O) groups is 3. The first-order valence-electron chi connectivity index (χ1n) is 11.5. The van der Waals surface area contributed by atoms with Gasteiger partial charge in [0.05, 0.1) is 12.5 Å². The van der Waals surface area contributed by atoms with E-state index in [9.17, 15) is 14.4 Å². The third-order valence-corrected chi connectivity index (χ3v) is 6.13. The smallest absolute Gasteiger partial charge is 0.407 e. The normalized spacial score (nSPS) is 14.0. The molecule has 2 amide bonds. The lowest BCUT2D eigenvalue weighted by molar-refractivity contribution is -0.140. The van der Waals surface area contributed by atoms with Crippen LogP contribution in [0.1, 0.15) is 43.7 Å². The van der Waals surface area contributed by atoms with E-state index < -0.39 is 30.1 Å². The fourth-order valence-electron chi connectivity index (χ4n) is 4.31. The molecule has 2 aromatic rings. The van der Waals surface area contributed by atoms with Crippen molar-refractivity contribution in [2.45, 2.75) is 44.8 Å². The molecule has 0 bridgehead atoms. The minimum atomic E-state index is -0.999. The van der Waals surface area contributed by atoms with Crippen LogP contribution in [0.4, 0.5) is 4.79 Å². The number of rotatable bonds is 11. The van der Waals surface area contributed by atoms with Crippen LogP contribution in [0, 0.1) is 0 Å². The zero-order valence-corrected chi connectivity index (χ0v) is 19.8. The first kappa shape index (κ1) is 25.2. The Balaban J connectivity index is 1.70. The molecule has 2 atom stereocenters. The molecule has 0 fully saturated rings. The molecule has 2 aromatic carbocycles. The lowest BCUT2D eigenvalue weighted by Gasteiger charge is -2.30. The lowest BCUT2D eigenvalue weighted by Crippen LogP contribution is -2.54. The number of hydrogen-bond acceptors (Lipinski definition) is 5. The van der Waals surface area contributed by atoms with Gasteiger partial charge in [0.1, 0.15) is 12.6 Å². The summed E-state index contributed by atoms with van der Waals surface area (Å²) in [5.41, 5.74) is 4.44. The van der Waals surface area contributed by atoms with Crippen LogP contribution in [0.5, 0.6) is 0 Å². The lowest BCUT2D eigenvalue weighted by atomic mass is 9.98. The molecule has 0 unspecified atom stereocenters. The Morgan fingerprint density at radius 2 is 1.62 bits per heavy atom. The van der Waals surface area contributed by atoms with Crippen molar-refractivity contribution in [2.75, 3.05) is 26.8 Å². The molecule has 0 radical (unpaired) electrons. The van der Waals surface area contributed by atoms with Crippen molar-refractivity contribution in [1.29, 1.82) is 0 Å². The number of benzene rings is 2. The van der Waals surface area contributed by atoms with E-state index in [1.807, 2.05) is 43.3 Å². The Hall–Kier alpha value is -3.39. The maximum Gasteiger partial charge on any atom is 0.407 e. The molecule has 8 nitrogen and oxygen atoms in total. The maximum absolute atomic E-state index is 13.2. The van der Waals surface area contributed by atoms with Crippen molar-refractivity contribution in [3.05, 3.63) is 59.7 Å². The van der Waals surface area contributed by atoms with Crippen molar-refractivity contribution in [3.8, 4) is 11.1 Å². The maximum atomic E-state index is 13.2. The molecule has 8 heteroatoms. The van der Waals surface area contributed by atoms with Gasteiger partial charge in [0.15, 0.2) is 0 Å². The van der Waals surface area contributed by atoms with Crippen LogP contribution in [-0.4, -0.2) is 66.9 Å². The van der Waals surface area contributed by atoms with E-state index in [-0.39, 0.29) is 25.5 Å². The Labute approximate surface area is 199 Å². The van der Waals surface area contributed by atoms with E-state index in [1.165, 1.54) is 12.0 Å². The molecule has 0 spiro atoms. The minimum absolute atomic E-state index is 0.0569.